The Labute approximate surface area is 105 Å². The molecule has 0 aliphatic carbocycles. The van der Waals surface area contributed by atoms with Gasteiger partial charge >= 0.3 is 5.97 Å². The van der Waals surface area contributed by atoms with E-state index < -0.39 is 12.0 Å². The van der Waals surface area contributed by atoms with Crippen molar-refractivity contribution in [1.82, 2.24) is 10.3 Å². The van der Waals surface area contributed by atoms with E-state index in [4.69, 9.17) is 9.84 Å². The van der Waals surface area contributed by atoms with Crippen molar-refractivity contribution in [2.24, 2.45) is 0 Å². The highest BCUT2D eigenvalue weighted by molar-refractivity contribution is 5.97. The Balaban J connectivity index is 2.77. The third kappa shape index (κ3) is 3.73. The molecule has 1 atom stereocenters. The number of carbonyl (C=O) groups is 2. The van der Waals surface area contributed by atoms with E-state index in [-0.39, 0.29) is 12.3 Å². The highest BCUT2D eigenvalue weighted by Crippen LogP contribution is 2.15. The molecule has 1 rings (SSSR count). The second-order valence-corrected chi connectivity index (χ2v) is 3.75. The zero-order chi connectivity index (χ0) is 13.5. The van der Waals surface area contributed by atoms with Crippen LogP contribution < -0.4 is 10.1 Å². The summed E-state index contributed by atoms with van der Waals surface area (Å²) in [5.41, 5.74) is 0.344. The molecule has 1 unspecified atom stereocenters. The summed E-state index contributed by atoms with van der Waals surface area (Å²) < 4.78 is 5.02. The lowest BCUT2D eigenvalue weighted by atomic mass is 10.1. The largest absolute Gasteiger partial charge is 0.494 e. The van der Waals surface area contributed by atoms with E-state index in [0.29, 0.717) is 17.7 Å². The molecule has 6 nitrogen and oxygen atoms in total. The fourth-order valence-corrected chi connectivity index (χ4v) is 1.50. The maximum atomic E-state index is 12.0. The van der Waals surface area contributed by atoms with Gasteiger partial charge in [0.15, 0.2) is 0 Å². The molecule has 1 heterocycles. The number of carboxylic acids is 1. The lowest BCUT2D eigenvalue weighted by Gasteiger charge is -2.15. The van der Waals surface area contributed by atoms with E-state index in [2.05, 4.69) is 10.3 Å². The molecule has 0 radical (unpaired) electrons. The van der Waals surface area contributed by atoms with E-state index in [9.17, 15) is 9.59 Å². The van der Waals surface area contributed by atoms with Crippen LogP contribution in [0.1, 0.15) is 30.1 Å². The average Bonchev–Trinajstić information content (AvgIpc) is 2.37. The number of aliphatic carboxylic acids is 1. The van der Waals surface area contributed by atoms with Crippen LogP contribution in [0, 0.1) is 0 Å². The van der Waals surface area contributed by atoms with E-state index in [0.717, 1.165) is 0 Å². The second kappa shape index (κ2) is 6.58. The van der Waals surface area contributed by atoms with E-state index in [1.165, 1.54) is 25.6 Å². The lowest BCUT2D eigenvalue weighted by Crippen LogP contribution is -2.36. The number of carboxylic acid groups (broad SMARTS) is 1. The molecule has 18 heavy (non-hydrogen) atoms. The number of hydrogen-bond acceptors (Lipinski definition) is 4. The first-order valence-corrected chi connectivity index (χ1v) is 5.59. The highest BCUT2D eigenvalue weighted by Gasteiger charge is 2.17. The number of nitrogens with one attached hydrogen (secondary N) is 1. The van der Waals surface area contributed by atoms with Crippen molar-refractivity contribution < 1.29 is 19.4 Å². The van der Waals surface area contributed by atoms with Gasteiger partial charge in [0, 0.05) is 12.2 Å². The van der Waals surface area contributed by atoms with Crippen molar-refractivity contribution in [3.05, 3.63) is 24.0 Å². The number of pyridine rings is 1. The first kappa shape index (κ1) is 14.0. The zero-order valence-electron chi connectivity index (χ0n) is 10.3. The fourth-order valence-electron chi connectivity index (χ4n) is 1.50. The Morgan fingerprint density at radius 2 is 2.28 bits per heavy atom. The first-order chi connectivity index (χ1) is 8.58. The molecule has 1 amide bonds. The Hall–Kier alpha value is -2.11. The monoisotopic (exact) mass is 252 g/mol. The van der Waals surface area contributed by atoms with Gasteiger partial charge < -0.3 is 15.2 Å². The molecule has 98 valence electrons. The van der Waals surface area contributed by atoms with Crippen LogP contribution in [0.4, 0.5) is 0 Å². The third-order valence-corrected chi connectivity index (χ3v) is 2.50. The van der Waals surface area contributed by atoms with Crippen LogP contribution in [0.5, 0.6) is 5.75 Å². The number of carbonyl (C=O) groups excluding carboxylic acids is 1. The summed E-state index contributed by atoms with van der Waals surface area (Å²) in [6, 6.07) is 1.13. The third-order valence-electron chi connectivity index (χ3n) is 2.50. The molecule has 0 saturated heterocycles. The Morgan fingerprint density at radius 3 is 2.83 bits per heavy atom. The molecular formula is C12H16N2O4. The summed E-state index contributed by atoms with van der Waals surface area (Å²) in [5, 5.41) is 11.4. The summed E-state index contributed by atoms with van der Waals surface area (Å²) in [5.74, 6) is -0.939. The normalized spacial score (nSPS) is 11.7. The number of amides is 1. The van der Waals surface area contributed by atoms with Crippen molar-refractivity contribution in [3.8, 4) is 5.75 Å². The molecule has 0 saturated carbocycles. The number of ether oxygens (including phenoxy) is 1. The number of aromatic nitrogens is 1. The Bertz CT molecular complexity index is 434. The van der Waals surface area contributed by atoms with Gasteiger partial charge in [-0.05, 0) is 12.5 Å². The van der Waals surface area contributed by atoms with Crippen molar-refractivity contribution in [3.63, 3.8) is 0 Å². The minimum Gasteiger partial charge on any atom is -0.494 e. The topological polar surface area (TPSA) is 88.5 Å². The zero-order valence-corrected chi connectivity index (χ0v) is 10.3. The fraction of sp³-hybridized carbons (Fsp3) is 0.417. The van der Waals surface area contributed by atoms with Gasteiger partial charge in [0.25, 0.3) is 5.91 Å². The second-order valence-electron chi connectivity index (χ2n) is 3.75. The molecule has 0 fully saturated rings. The molecule has 0 aromatic carbocycles. The van der Waals surface area contributed by atoms with Crippen molar-refractivity contribution in [2.45, 2.75) is 25.8 Å². The number of rotatable bonds is 6. The van der Waals surface area contributed by atoms with E-state index in [1.807, 2.05) is 6.92 Å². The molecule has 2 N–H and O–H groups in total. The lowest BCUT2D eigenvalue weighted by molar-refractivity contribution is -0.137. The van der Waals surface area contributed by atoms with Gasteiger partial charge in [-0.3, -0.25) is 14.6 Å². The quantitative estimate of drug-likeness (QED) is 0.790. The summed E-state index contributed by atoms with van der Waals surface area (Å²) >= 11 is 0. The van der Waals surface area contributed by atoms with Crippen LogP contribution in [0.2, 0.25) is 0 Å². The van der Waals surface area contributed by atoms with Crippen LogP contribution in [0.15, 0.2) is 18.5 Å². The SMILES string of the molecule is CCC(CC(=O)O)NC(=O)c1ccncc1OC. The minimum absolute atomic E-state index is 0.102. The maximum absolute atomic E-state index is 12.0. The van der Waals surface area contributed by atoms with Crippen molar-refractivity contribution in [2.75, 3.05) is 7.11 Å². The Morgan fingerprint density at radius 1 is 1.56 bits per heavy atom. The maximum Gasteiger partial charge on any atom is 0.305 e. The van der Waals surface area contributed by atoms with Gasteiger partial charge in [-0.25, -0.2) is 0 Å². The van der Waals surface area contributed by atoms with Gasteiger partial charge in [0.1, 0.15) is 5.75 Å². The summed E-state index contributed by atoms with van der Waals surface area (Å²) in [6.45, 7) is 1.82. The molecule has 1 aromatic rings. The van der Waals surface area contributed by atoms with Gasteiger partial charge in [-0.2, -0.15) is 0 Å². The number of nitrogens with zero attached hydrogens (tertiary/aromatic N) is 1. The summed E-state index contributed by atoms with van der Waals surface area (Å²) in [6.07, 6.45) is 3.36. The predicted molar refractivity (Wildman–Crippen MR) is 64.6 cm³/mol. The number of hydrogen-bond donors (Lipinski definition) is 2. The molecule has 0 spiro atoms. The van der Waals surface area contributed by atoms with Gasteiger partial charge in [-0.1, -0.05) is 6.92 Å². The van der Waals surface area contributed by atoms with Gasteiger partial charge in [0.2, 0.25) is 0 Å². The minimum atomic E-state index is -0.941. The van der Waals surface area contributed by atoms with E-state index >= 15 is 0 Å². The molecule has 6 heteroatoms. The predicted octanol–water partition coefficient (Wildman–Crippen LogP) is 1.07. The van der Waals surface area contributed by atoms with Crippen molar-refractivity contribution in [1.29, 1.82) is 0 Å². The summed E-state index contributed by atoms with van der Waals surface area (Å²) in [4.78, 5) is 26.4. The molecule has 0 aliphatic heterocycles. The van der Waals surface area contributed by atoms with Gasteiger partial charge in [0.05, 0.1) is 25.3 Å². The van der Waals surface area contributed by atoms with Gasteiger partial charge in [-0.15, -0.1) is 0 Å². The first-order valence-electron chi connectivity index (χ1n) is 5.59. The van der Waals surface area contributed by atoms with E-state index in [1.54, 1.807) is 0 Å². The molecule has 0 aliphatic rings. The van der Waals surface area contributed by atoms with Crippen LogP contribution in [0.25, 0.3) is 0 Å². The molecule has 0 bridgehead atoms. The smallest absolute Gasteiger partial charge is 0.305 e. The number of methoxy groups -OCH3 is 1. The standard InChI is InChI=1S/C12H16N2O4/c1-3-8(6-11(15)16)14-12(17)9-4-5-13-7-10(9)18-2/h4-5,7-8H,3,6H2,1-2H3,(H,14,17)(H,15,16). The molecular weight excluding hydrogens is 236 g/mol. The Kier molecular flexibility index (Phi) is 5.10. The highest BCUT2D eigenvalue weighted by atomic mass is 16.5. The van der Waals surface area contributed by atoms with Crippen LogP contribution in [-0.2, 0) is 4.79 Å². The molecule has 1 aromatic heterocycles. The van der Waals surface area contributed by atoms with Crippen LogP contribution in [-0.4, -0.2) is 35.1 Å². The average molecular weight is 252 g/mol. The van der Waals surface area contributed by atoms with Crippen LogP contribution >= 0.6 is 0 Å². The summed E-state index contributed by atoms with van der Waals surface area (Å²) in [7, 11) is 1.45. The van der Waals surface area contributed by atoms with Crippen LogP contribution in [0.3, 0.4) is 0 Å². The van der Waals surface area contributed by atoms with Crippen molar-refractivity contribution >= 4 is 11.9 Å².